The average molecular weight is 421 g/mol. The normalized spacial score (nSPS) is 29.2. The first kappa shape index (κ1) is 20.5. The number of fused-ring (bicyclic) bond motifs is 1. The molecule has 28 heavy (non-hydrogen) atoms. The summed E-state index contributed by atoms with van der Waals surface area (Å²) in [5, 5.41) is 0. The van der Waals surface area contributed by atoms with Crippen LogP contribution in [0.2, 0.25) is 0 Å². The molecule has 0 spiro atoms. The van der Waals surface area contributed by atoms with Crippen LogP contribution in [0.3, 0.4) is 0 Å². The van der Waals surface area contributed by atoms with Gasteiger partial charge in [0.15, 0.2) is 0 Å². The number of thioether (sulfide) groups is 2. The fourth-order valence-electron chi connectivity index (χ4n) is 5.15. The van der Waals surface area contributed by atoms with Crippen LogP contribution >= 0.6 is 23.5 Å². The highest BCUT2D eigenvalue weighted by Crippen LogP contribution is 2.44. The maximum atomic E-state index is 13.0. The van der Waals surface area contributed by atoms with Crippen LogP contribution in [0, 0.1) is 11.3 Å². The molecule has 1 aromatic heterocycles. The third-order valence-corrected chi connectivity index (χ3v) is 8.84. The summed E-state index contributed by atoms with van der Waals surface area (Å²) in [7, 11) is 4.35. The summed E-state index contributed by atoms with van der Waals surface area (Å²) in [6.07, 6.45) is 4.05. The first-order valence-corrected chi connectivity index (χ1v) is 12.6. The number of aromatic nitrogens is 1. The van der Waals surface area contributed by atoms with E-state index in [1.165, 1.54) is 23.0 Å². The van der Waals surface area contributed by atoms with Crippen LogP contribution in [0.5, 0.6) is 0 Å². The Balaban J connectivity index is 1.44. The number of hydrogen-bond acceptors (Lipinski definition) is 6. The maximum absolute atomic E-state index is 13.0. The lowest BCUT2D eigenvalue weighted by Crippen LogP contribution is -2.45. The number of carbonyl (C=O) groups is 1. The summed E-state index contributed by atoms with van der Waals surface area (Å²) < 4.78 is 0. The Hall–Kier alpha value is -0.760. The molecule has 0 aliphatic carbocycles. The van der Waals surface area contributed by atoms with E-state index in [1.807, 2.05) is 18.3 Å². The van der Waals surface area contributed by atoms with Gasteiger partial charge in [-0.2, -0.15) is 23.5 Å². The molecule has 2 atom stereocenters. The smallest absolute Gasteiger partial charge is 0.227 e. The van der Waals surface area contributed by atoms with Crippen molar-refractivity contribution in [1.82, 2.24) is 19.7 Å². The molecule has 0 aromatic carbocycles. The minimum absolute atomic E-state index is 0.218. The second-order valence-corrected chi connectivity index (χ2v) is 11.1. The van der Waals surface area contributed by atoms with Gasteiger partial charge in [-0.1, -0.05) is 6.07 Å². The third-order valence-electron chi connectivity index (χ3n) is 6.36. The lowest BCUT2D eigenvalue weighted by molar-refractivity contribution is -0.130. The van der Waals surface area contributed by atoms with Crippen molar-refractivity contribution < 1.29 is 4.79 Å². The van der Waals surface area contributed by atoms with Crippen molar-refractivity contribution in [2.75, 3.05) is 69.8 Å². The van der Waals surface area contributed by atoms with Gasteiger partial charge >= 0.3 is 0 Å². The van der Waals surface area contributed by atoms with Crippen molar-refractivity contribution in [3.05, 3.63) is 30.1 Å². The summed E-state index contributed by atoms with van der Waals surface area (Å²) >= 11 is 4.23. The molecule has 0 bridgehead atoms. The van der Waals surface area contributed by atoms with E-state index in [-0.39, 0.29) is 11.3 Å². The zero-order chi connectivity index (χ0) is 19.6. The molecule has 3 fully saturated rings. The predicted octanol–water partition coefficient (Wildman–Crippen LogP) is 1.79. The summed E-state index contributed by atoms with van der Waals surface area (Å²) in [4.78, 5) is 24.3. The number of pyridine rings is 1. The van der Waals surface area contributed by atoms with Gasteiger partial charge in [0.05, 0.1) is 6.42 Å². The first-order chi connectivity index (χ1) is 13.6. The number of carbonyl (C=O) groups excluding carboxylic acids is 1. The van der Waals surface area contributed by atoms with Gasteiger partial charge in [0.25, 0.3) is 0 Å². The molecule has 0 saturated carbocycles. The molecule has 1 amide bonds. The van der Waals surface area contributed by atoms with Crippen LogP contribution < -0.4 is 0 Å². The molecule has 3 saturated heterocycles. The Labute approximate surface area is 177 Å². The summed E-state index contributed by atoms with van der Waals surface area (Å²) in [5.74, 6) is 5.96. The van der Waals surface area contributed by atoms with Crippen molar-refractivity contribution in [2.24, 2.45) is 11.3 Å². The summed E-state index contributed by atoms with van der Waals surface area (Å²) in [6, 6.07) is 4.61. The minimum Gasteiger partial charge on any atom is -0.341 e. The Kier molecular flexibility index (Phi) is 6.55. The SMILES string of the molecule is CN(C)CC12CN(C(=O)Cc3cccnc3)CC1CN(C1CSCCSC1)C2. The number of amides is 1. The van der Waals surface area contributed by atoms with E-state index in [4.69, 9.17) is 0 Å². The van der Waals surface area contributed by atoms with Crippen molar-refractivity contribution in [3.8, 4) is 0 Å². The molecule has 3 aliphatic rings. The molecular formula is C21H32N4OS2. The Bertz CT molecular complexity index is 666. The molecule has 3 aliphatic heterocycles. The Morgan fingerprint density at radius 1 is 1.25 bits per heavy atom. The van der Waals surface area contributed by atoms with Crippen LogP contribution in [0.4, 0.5) is 0 Å². The highest BCUT2D eigenvalue weighted by atomic mass is 32.2. The highest BCUT2D eigenvalue weighted by molar-refractivity contribution is 8.03. The Morgan fingerprint density at radius 3 is 2.71 bits per heavy atom. The molecule has 1 aromatic rings. The van der Waals surface area contributed by atoms with Gasteiger partial charge in [-0.15, -0.1) is 0 Å². The van der Waals surface area contributed by atoms with Crippen molar-refractivity contribution in [1.29, 1.82) is 0 Å². The van der Waals surface area contributed by atoms with Gasteiger partial charge in [-0.3, -0.25) is 14.7 Å². The molecular weight excluding hydrogens is 388 g/mol. The standard InChI is InChI=1S/C21H32N4OS2/c1-23(2)14-21-15-24(19-12-27-6-7-28-13-19)10-18(21)11-25(16-21)20(26)8-17-4-3-5-22-9-17/h3-5,9,18-19H,6-8,10-16H2,1-2H3. The van der Waals surface area contributed by atoms with Crippen LogP contribution in [-0.2, 0) is 11.2 Å². The van der Waals surface area contributed by atoms with Crippen LogP contribution in [0.25, 0.3) is 0 Å². The van der Waals surface area contributed by atoms with Gasteiger partial charge in [0, 0.05) is 79.6 Å². The zero-order valence-corrected chi connectivity index (χ0v) is 18.7. The van der Waals surface area contributed by atoms with Crippen LogP contribution in [-0.4, -0.2) is 101 Å². The highest BCUT2D eigenvalue weighted by Gasteiger charge is 2.54. The van der Waals surface area contributed by atoms with E-state index in [1.54, 1.807) is 6.20 Å². The fourth-order valence-corrected chi connectivity index (χ4v) is 7.77. The van der Waals surface area contributed by atoms with E-state index in [0.29, 0.717) is 18.4 Å². The second-order valence-electron chi connectivity index (χ2n) is 8.84. The number of nitrogens with zero attached hydrogens (tertiary/aromatic N) is 4. The largest absolute Gasteiger partial charge is 0.341 e. The molecule has 0 N–H and O–H groups in total. The van der Waals surface area contributed by atoms with Gasteiger partial charge in [0.2, 0.25) is 5.91 Å². The molecule has 0 radical (unpaired) electrons. The van der Waals surface area contributed by atoms with Gasteiger partial charge in [0.1, 0.15) is 0 Å². The lowest BCUT2D eigenvalue weighted by atomic mass is 9.80. The van der Waals surface area contributed by atoms with E-state index in [9.17, 15) is 4.79 Å². The van der Waals surface area contributed by atoms with E-state index >= 15 is 0 Å². The van der Waals surface area contributed by atoms with E-state index in [2.05, 4.69) is 57.3 Å². The number of likely N-dealkylation sites (tertiary alicyclic amines) is 2. The van der Waals surface area contributed by atoms with Crippen LogP contribution in [0.15, 0.2) is 24.5 Å². The van der Waals surface area contributed by atoms with Crippen molar-refractivity contribution in [2.45, 2.75) is 12.5 Å². The van der Waals surface area contributed by atoms with Gasteiger partial charge in [-0.25, -0.2) is 0 Å². The van der Waals surface area contributed by atoms with E-state index in [0.717, 1.165) is 38.3 Å². The lowest BCUT2D eigenvalue weighted by Gasteiger charge is -2.34. The van der Waals surface area contributed by atoms with Gasteiger partial charge < -0.3 is 9.80 Å². The van der Waals surface area contributed by atoms with Crippen LogP contribution in [0.1, 0.15) is 5.56 Å². The predicted molar refractivity (Wildman–Crippen MR) is 119 cm³/mol. The summed E-state index contributed by atoms with van der Waals surface area (Å²) in [5.41, 5.74) is 1.23. The second kappa shape index (κ2) is 8.94. The Morgan fingerprint density at radius 2 is 2.04 bits per heavy atom. The molecule has 5 nitrogen and oxygen atoms in total. The third kappa shape index (κ3) is 4.53. The van der Waals surface area contributed by atoms with Crippen molar-refractivity contribution >= 4 is 29.4 Å². The quantitative estimate of drug-likeness (QED) is 0.723. The molecule has 4 rings (SSSR count). The first-order valence-electron chi connectivity index (χ1n) is 10.3. The topological polar surface area (TPSA) is 39.7 Å². The number of rotatable bonds is 5. The number of hydrogen-bond donors (Lipinski definition) is 0. The van der Waals surface area contributed by atoms with Gasteiger partial charge in [-0.05, 0) is 31.6 Å². The average Bonchev–Trinajstić information content (AvgIpc) is 3.02. The van der Waals surface area contributed by atoms with Crippen molar-refractivity contribution in [3.63, 3.8) is 0 Å². The fraction of sp³-hybridized carbons (Fsp3) is 0.714. The monoisotopic (exact) mass is 420 g/mol. The maximum Gasteiger partial charge on any atom is 0.227 e. The molecule has 2 unspecified atom stereocenters. The van der Waals surface area contributed by atoms with E-state index < -0.39 is 0 Å². The zero-order valence-electron chi connectivity index (χ0n) is 17.0. The minimum atomic E-state index is 0.218. The summed E-state index contributed by atoms with van der Waals surface area (Å²) in [6.45, 7) is 5.17. The molecule has 4 heterocycles. The molecule has 7 heteroatoms. The molecule has 154 valence electrons.